The summed E-state index contributed by atoms with van der Waals surface area (Å²) in [5.41, 5.74) is 3.13. The maximum Gasteiger partial charge on any atom is 0.161 e. The predicted octanol–water partition coefficient (Wildman–Crippen LogP) is 6.46. The summed E-state index contributed by atoms with van der Waals surface area (Å²) in [6.07, 6.45) is 9.32. The van der Waals surface area contributed by atoms with Crippen LogP contribution in [0.2, 0.25) is 0 Å². The van der Waals surface area contributed by atoms with Gasteiger partial charge in [-0.25, -0.2) is 4.39 Å². The number of para-hydroxylation sites is 1. The molecule has 1 fully saturated rings. The van der Waals surface area contributed by atoms with E-state index in [4.69, 9.17) is 0 Å². The first-order chi connectivity index (χ1) is 14.6. The molecule has 1 atom stereocenters. The van der Waals surface area contributed by atoms with Crippen LogP contribution in [0.15, 0.2) is 54.7 Å². The van der Waals surface area contributed by atoms with Crippen LogP contribution in [0.4, 0.5) is 10.1 Å². The average Bonchev–Trinajstić information content (AvgIpc) is 2.96. The van der Waals surface area contributed by atoms with E-state index in [1.54, 1.807) is 19.1 Å². The molecule has 158 valence electrons. The van der Waals surface area contributed by atoms with Crippen LogP contribution in [0.3, 0.4) is 0 Å². The van der Waals surface area contributed by atoms with Crippen molar-refractivity contribution in [3.63, 3.8) is 0 Å². The maximum absolute atomic E-state index is 13.2. The van der Waals surface area contributed by atoms with Gasteiger partial charge in [0.2, 0.25) is 0 Å². The topological polar surface area (TPSA) is 25.2 Å². The summed E-state index contributed by atoms with van der Waals surface area (Å²) in [7, 11) is 0. The normalized spacial score (nSPS) is 17.3. The fourth-order valence-electron chi connectivity index (χ4n) is 4.79. The zero-order chi connectivity index (χ0) is 20.9. The van der Waals surface area contributed by atoms with Crippen molar-refractivity contribution < 1.29 is 9.18 Å². The number of hydrogen-bond donors (Lipinski definition) is 0. The maximum atomic E-state index is 13.2. The Morgan fingerprint density at radius 1 is 1.03 bits per heavy atom. The molecule has 4 heteroatoms. The number of aromatic nitrogens is 1. The largest absolute Gasteiger partial charge is 0.372 e. The zero-order valence-corrected chi connectivity index (χ0v) is 17.8. The lowest BCUT2D eigenvalue weighted by molar-refractivity contribution is 0.101. The first-order valence-corrected chi connectivity index (χ1v) is 11.2. The molecular formula is C26H31FN2O. The van der Waals surface area contributed by atoms with Crippen LogP contribution in [0.1, 0.15) is 55.8 Å². The molecule has 1 aliphatic rings. The zero-order valence-electron chi connectivity index (χ0n) is 17.8. The number of carbonyl (C=O) groups excluding carboxylic acids is 1. The Kier molecular flexibility index (Phi) is 6.51. The molecule has 3 nitrogen and oxygen atoms in total. The summed E-state index contributed by atoms with van der Waals surface area (Å²) in [4.78, 5) is 14.3. The summed E-state index contributed by atoms with van der Waals surface area (Å²) in [6, 6.07) is 15.1. The highest BCUT2D eigenvalue weighted by Gasteiger charge is 2.17. The minimum Gasteiger partial charge on any atom is -0.372 e. The van der Waals surface area contributed by atoms with Crippen molar-refractivity contribution in [2.24, 2.45) is 5.92 Å². The van der Waals surface area contributed by atoms with E-state index >= 15 is 0 Å². The average molecular weight is 407 g/mol. The quantitative estimate of drug-likeness (QED) is 0.332. The molecule has 0 spiro atoms. The van der Waals surface area contributed by atoms with Crippen LogP contribution in [0.25, 0.3) is 10.9 Å². The van der Waals surface area contributed by atoms with Crippen molar-refractivity contribution in [2.45, 2.75) is 52.0 Å². The number of unbranched alkanes of at least 4 members (excludes halogenated alkanes) is 1. The third-order valence-corrected chi connectivity index (χ3v) is 6.47. The van der Waals surface area contributed by atoms with Crippen LogP contribution < -0.4 is 4.90 Å². The number of halogens is 1. The first-order valence-electron chi connectivity index (χ1n) is 11.2. The van der Waals surface area contributed by atoms with Crippen molar-refractivity contribution in [2.75, 3.05) is 18.0 Å². The summed E-state index contributed by atoms with van der Waals surface area (Å²) in [6.45, 7) is 4.72. The SMILES string of the molecule is CC(=O)c1cn(CCCCC2CCCN(c3ccc(F)cc3)CC2)c2ccccc12. The van der Waals surface area contributed by atoms with Gasteiger partial charge in [0.05, 0.1) is 0 Å². The van der Waals surface area contributed by atoms with Crippen LogP contribution in [-0.4, -0.2) is 23.4 Å². The summed E-state index contributed by atoms with van der Waals surface area (Å²) >= 11 is 0. The lowest BCUT2D eigenvalue weighted by Crippen LogP contribution is -2.24. The number of benzene rings is 2. The van der Waals surface area contributed by atoms with Crippen molar-refractivity contribution in [3.8, 4) is 0 Å². The molecule has 1 aromatic heterocycles. The van der Waals surface area contributed by atoms with Crippen molar-refractivity contribution in [1.29, 1.82) is 0 Å². The third kappa shape index (κ3) is 4.75. The number of Topliss-reactive ketones (excluding diaryl/α,β-unsaturated/α-hetero) is 1. The van der Waals surface area contributed by atoms with E-state index in [1.165, 1.54) is 32.1 Å². The number of ketones is 1. The molecule has 0 amide bonds. The smallest absolute Gasteiger partial charge is 0.161 e. The minimum absolute atomic E-state index is 0.133. The highest BCUT2D eigenvalue weighted by molar-refractivity contribution is 6.06. The van der Waals surface area contributed by atoms with E-state index < -0.39 is 0 Å². The Balaban J connectivity index is 1.28. The van der Waals surface area contributed by atoms with Gasteiger partial charge in [-0.15, -0.1) is 0 Å². The molecule has 2 heterocycles. The lowest BCUT2D eigenvalue weighted by atomic mass is 9.94. The first kappa shape index (κ1) is 20.6. The standard InChI is InChI=1S/C26H31FN2O/c1-20(30)25-19-29(26-10-3-2-9-24(25)26)16-5-4-7-21-8-6-17-28(18-15-21)23-13-11-22(27)12-14-23/h2-3,9-14,19,21H,4-8,15-18H2,1H3. The highest BCUT2D eigenvalue weighted by Crippen LogP contribution is 2.27. The van der Waals surface area contributed by atoms with E-state index in [-0.39, 0.29) is 11.6 Å². The molecule has 1 aliphatic heterocycles. The Morgan fingerprint density at radius 2 is 1.83 bits per heavy atom. The summed E-state index contributed by atoms with van der Waals surface area (Å²) in [5, 5.41) is 1.06. The van der Waals surface area contributed by atoms with Gasteiger partial charge >= 0.3 is 0 Å². The lowest BCUT2D eigenvalue weighted by Gasteiger charge is -2.23. The molecule has 0 bridgehead atoms. The predicted molar refractivity (Wildman–Crippen MR) is 122 cm³/mol. The number of rotatable bonds is 7. The molecule has 3 aromatic rings. The van der Waals surface area contributed by atoms with Crippen molar-refractivity contribution in [1.82, 2.24) is 4.57 Å². The number of anilines is 1. The molecular weight excluding hydrogens is 375 g/mol. The Labute approximate surface area is 178 Å². The third-order valence-electron chi connectivity index (χ3n) is 6.47. The number of aryl methyl sites for hydroxylation is 1. The van der Waals surface area contributed by atoms with Gasteiger partial charge in [-0.3, -0.25) is 4.79 Å². The van der Waals surface area contributed by atoms with Gasteiger partial charge in [0, 0.05) is 48.0 Å². The van der Waals surface area contributed by atoms with E-state index in [0.717, 1.165) is 54.1 Å². The molecule has 0 radical (unpaired) electrons. The van der Waals surface area contributed by atoms with Gasteiger partial charge in [0.1, 0.15) is 5.82 Å². The second-order valence-electron chi connectivity index (χ2n) is 8.57. The van der Waals surface area contributed by atoms with Crippen LogP contribution >= 0.6 is 0 Å². The molecule has 2 aromatic carbocycles. The molecule has 4 rings (SSSR count). The van der Waals surface area contributed by atoms with Crippen molar-refractivity contribution in [3.05, 3.63) is 66.1 Å². The molecule has 0 N–H and O–H groups in total. The minimum atomic E-state index is -0.169. The number of fused-ring (bicyclic) bond motifs is 1. The molecule has 0 saturated carbocycles. The van der Waals surface area contributed by atoms with Gasteiger partial charge in [-0.2, -0.15) is 0 Å². The van der Waals surface area contributed by atoms with E-state index in [2.05, 4.69) is 15.5 Å². The van der Waals surface area contributed by atoms with Gasteiger partial charge in [0.15, 0.2) is 5.78 Å². The molecule has 0 aliphatic carbocycles. The number of hydrogen-bond acceptors (Lipinski definition) is 2. The van der Waals surface area contributed by atoms with Crippen LogP contribution in [0.5, 0.6) is 0 Å². The summed E-state index contributed by atoms with van der Waals surface area (Å²) in [5.74, 6) is 0.732. The second-order valence-corrected chi connectivity index (χ2v) is 8.57. The fourth-order valence-corrected chi connectivity index (χ4v) is 4.79. The molecule has 1 unspecified atom stereocenters. The van der Waals surface area contributed by atoms with Gasteiger partial charge in [0.25, 0.3) is 0 Å². The monoisotopic (exact) mass is 406 g/mol. The Bertz CT molecular complexity index is 992. The van der Waals surface area contributed by atoms with Crippen LogP contribution in [0, 0.1) is 11.7 Å². The van der Waals surface area contributed by atoms with Gasteiger partial charge < -0.3 is 9.47 Å². The number of nitrogens with zero attached hydrogens (tertiary/aromatic N) is 2. The van der Waals surface area contributed by atoms with E-state index in [1.807, 2.05) is 36.5 Å². The summed E-state index contributed by atoms with van der Waals surface area (Å²) < 4.78 is 15.4. The highest BCUT2D eigenvalue weighted by atomic mass is 19.1. The Morgan fingerprint density at radius 3 is 2.63 bits per heavy atom. The van der Waals surface area contributed by atoms with Crippen LogP contribution in [-0.2, 0) is 6.54 Å². The molecule has 1 saturated heterocycles. The Hall–Kier alpha value is -2.62. The van der Waals surface area contributed by atoms with Gasteiger partial charge in [-0.1, -0.05) is 31.0 Å². The fraction of sp³-hybridized carbons (Fsp3) is 0.423. The van der Waals surface area contributed by atoms with Crippen molar-refractivity contribution >= 4 is 22.4 Å². The van der Waals surface area contributed by atoms with E-state index in [0.29, 0.717) is 0 Å². The molecule has 30 heavy (non-hydrogen) atoms. The van der Waals surface area contributed by atoms with Gasteiger partial charge in [-0.05, 0) is 68.9 Å². The van der Waals surface area contributed by atoms with E-state index in [9.17, 15) is 9.18 Å². The second kappa shape index (κ2) is 9.46. The number of carbonyl (C=O) groups is 1.